The second kappa shape index (κ2) is 52.8. The molecule has 0 bridgehead atoms. The van der Waals surface area contributed by atoms with E-state index in [4.69, 9.17) is 90.0 Å². The van der Waals surface area contributed by atoms with Gasteiger partial charge in [-0.05, 0) is 70.2 Å². The smallest absolute Gasteiger partial charge is 0.121 e. The van der Waals surface area contributed by atoms with Crippen molar-refractivity contribution in [2.24, 2.45) is 17.8 Å². The Morgan fingerprint density at radius 1 is 0.318 bits per heavy atom. The molecule has 0 amide bonds. The van der Waals surface area contributed by atoms with E-state index in [0.29, 0.717) is 191 Å². The van der Waals surface area contributed by atoms with Crippen LogP contribution in [0.5, 0.6) is 5.75 Å². The lowest BCUT2D eigenvalue weighted by Gasteiger charge is -2.25. The quantitative estimate of drug-likeness (QED) is 0.0479. The maximum atomic E-state index is 6.65. The minimum atomic E-state index is -0.242. The Morgan fingerprint density at radius 3 is 0.918 bits per heavy atom. The summed E-state index contributed by atoms with van der Waals surface area (Å²) in [6.07, 6.45) is 6.11. The maximum Gasteiger partial charge on any atom is 0.121 e. The van der Waals surface area contributed by atoms with Gasteiger partial charge in [0.05, 0.1) is 216 Å². The fourth-order valence-corrected chi connectivity index (χ4v) is 7.28. The fourth-order valence-electron chi connectivity index (χ4n) is 7.28. The van der Waals surface area contributed by atoms with E-state index in [0.717, 1.165) is 22.3 Å². The van der Waals surface area contributed by atoms with Gasteiger partial charge in [0.1, 0.15) is 5.75 Å². The van der Waals surface area contributed by atoms with E-state index in [-0.39, 0.29) is 48.8 Å². The average molecular weight is 1200 g/mol. The van der Waals surface area contributed by atoms with Gasteiger partial charge in [0.25, 0.3) is 0 Å². The summed E-state index contributed by atoms with van der Waals surface area (Å²) in [5, 5.41) is 0. The van der Waals surface area contributed by atoms with Crippen LogP contribution >= 0.6 is 0 Å². The van der Waals surface area contributed by atoms with Gasteiger partial charge in [-0.15, -0.1) is 0 Å². The summed E-state index contributed by atoms with van der Waals surface area (Å²) < 4.78 is 111. The third kappa shape index (κ3) is 42.3. The number of aromatic nitrogens is 2. The van der Waals surface area contributed by atoms with Crippen LogP contribution < -0.4 is 4.74 Å². The van der Waals surface area contributed by atoms with Crippen molar-refractivity contribution in [1.82, 2.24) is 9.97 Å². The molecule has 2 aromatic heterocycles. The number of benzene rings is 1. The molecule has 0 saturated carbocycles. The van der Waals surface area contributed by atoms with E-state index in [1.807, 2.05) is 70.2 Å². The molecule has 0 radical (unpaired) electrons. The molecule has 0 saturated heterocycles. The number of methoxy groups -OCH3 is 4. The van der Waals surface area contributed by atoms with Crippen LogP contribution in [0.3, 0.4) is 0 Å². The van der Waals surface area contributed by atoms with E-state index in [2.05, 4.69) is 33.6 Å². The van der Waals surface area contributed by atoms with E-state index in [1.54, 1.807) is 53.2 Å². The van der Waals surface area contributed by atoms with Crippen LogP contribution in [0.15, 0.2) is 67.3 Å². The first-order chi connectivity index (χ1) is 41.7. The van der Waals surface area contributed by atoms with E-state index in [9.17, 15) is 0 Å². The highest BCUT2D eigenvalue weighted by molar-refractivity contribution is 5.52. The molecule has 21 heteroatoms. The van der Waals surface area contributed by atoms with E-state index < -0.39 is 0 Å². The van der Waals surface area contributed by atoms with Gasteiger partial charge in [-0.3, -0.25) is 9.97 Å². The third-order valence-corrected chi connectivity index (χ3v) is 11.9. The molecule has 2 heterocycles. The van der Waals surface area contributed by atoms with Crippen molar-refractivity contribution in [2.75, 3.05) is 220 Å². The van der Waals surface area contributed by atoms with Gasteiger partial charge < -0.3 is 90.0 Å². The van der Waals surface area contributed by atoms with Crippen LogP contribution in [0.2, 0.25) is 0 Å². The summed E-state index contributed by atoms with van der Waals surface area (Å²) >= 11 is 0. The lowest BCUT2D eigenvalue weighted by molar-refractivity contribution is -0.0869. The summed E-state index contributed by atoms with van der Waals surface area (Å²) in [6.45, 7) is 20.2. The summed E-state index contributed by atoms with van der Waals surface area (Å²) in [6, 6.07) is 13.3. The van der Waals surface area contributed by atoms with Crippen molar-refractivity contribution in [2.45, 2.75) is 52.1 Å². The minimum absolute atomic E-state index is 0.139. The van der Waals surface area contributed by atoms with Gasteiger partial charge in [-0.1, -0.05) is 23.7 Å². The zero-order valence-electron chi connectivity index (χ0n) is 52.0. The maximum absolute atomic E-state index is 6.65. The van der Waals surface area contributed by atoms with E-state index >= 15 is 0 Å². The number of pyridine rings is 2. The highest BCUT2D eigenvalue weighted by Gasteiger charge is 2.20. The summed E-state index contributed by atoms with van der Waals surface area (Å²) in [5.41, 5.74) is 3.01. The van der Waals surface area contributed by atoms with Crippen molar-refractivity contribution in [1.29, 1.82) is 0 Å². The first-order valence-electron chi connectivity index (χ1n) is 29.5. The molecule has 3 rings (SSSR count). The van der Waals surface area contributed by atoms with Gasteiger partial charge in [0.15, 0.2) is 0 Å². The summed E-state index contributed by atoms with van der Waals surface area (Å²) in [5.74, 6) is 13.0. The predicted molar refractivity (Wildman–Crippen MR) is 320 cm³/mol. The average Bonchev–Trinajstić information content (AvgIpc) is 3.55. The molecule has 1 aromatic carbocycles. The van der Waals surface area contributed by atoms with Crippen LogP contribution in [0.1, 0.15) is 49.9 Å². The van der Waals surface area contributed by atoms with Crippen LogP contribution in [-0.4, -0.2) is 254 Å². The van der Waals surface area contributed by atoms with Gasteiger partial charge >= 0.3 is 0 Å². The molecule has 0 spiro atoms. The standard InChI is InChI=1S/C64H100N2O19/c1-53(40-75-31-27-71-23-19-67-5)81-48-62(49-82-54(2)41-76-32-28-72-24-20-68-6)46-79-44-61(52-85-64-36-59(15-13-57-11-9-17-65-38-57)35-60(37-64)16-14-58-12-10-18-66-39-58)45-80-47-63(50-83-55(3)42-77-33-29-73-25-21-69-7)51-84-56(4)43-78-34-30-74-26-22-70-8/h9-12,17-18,35-39,53-56,61-63H,19-34,40-52H2,1-8H3/t53-,54-,55-,56-/m0/s1. The highest BCUT2D eigenvalue weighted by Crippen LogP contribution is 2.19. The largest absolute Gasteiger partial charge is 0.493 e. The number of hydrogen-bond acceptors (Lipinski definition) is 21. The van der Waals surface area contributed by atoms with Crippen LogP contribution in [0.25, 0.3) is 0 Å². The third-order valence-electron chi connectivity index (χ3n) is 11.9. The molecule has 0 aliphatic carbocycles. The van der Waals surface area contributed by atoms with Crippen LogP contribution in [0, 0.1) is 41.4 Å². The first-order valence-corrected chi connectivity index (χ1v) is 29.5. The normalized spacial score (nSPS) is 13.0. The minimum Gasteiger partial charge on any atom is -0.493 e. The van der Waals surface area contributed by atoms with Crippen LogP contribution in [0.4, 0.5) is 0 Å². The molecule has 0 N–H and O–H groups in total. The zero-order valence-corrected chi connectivity index (χ0v) is 52.0. The number of rotatable bonds is 55. The van der Waals surface area contributed by atoms with E-state index in [1.165, 1.54) is 0 Å². The van der Waals surface area contributed by atoms with Crippen LogP contribution in [-0.2, 0) is 85.3 Å². The summed E-state index contributed by atoms with van der Waals surface area (Å²) in [7, 11) is 6.57. The van der Waals surface area contributed by atoms with Gasteiger partial charge in [-0.25, -0.2) is 0 Å². The molecule has 0 aliphatic heterocycles. The molecule has 3 aromatic rings. The van der Waals surface area contributed by atoms with Crippen molar-refractivity contribution in [3.63, 3.8) is 0 Å². The Kier molecular flexibility index (Phi) is 46.6. The highest BCUT2D eigenvalue weighted by atomic mass is 16.6. The molecule has 21 nitrogen and oxygen atoms in total. The predicted octanol–water partition coefficient (Wildman–Crippen LogP) is 5.88. The van der Waals surface area contributed by atoms with Gasteiger partial charge in [-0.2, -0.15) is 0 Å². The SMILES string of the molecule is COCCOCCOC[C@H](C)OCC(COCC(COCC(CO[C@@H](C)COCCOCCOC)CO[C@@H](C)COCCOCCOC)COc1cc(C#Cc2cccnc2)cc(C#Cc2cccnc2)c1)CO[C@@H](C)COCCOCCOC. The van der Waals surface area contributed by atoms with Crippen molar-refractivity contribution in [3.05, 3.63) is 89.5 Å². The second-order valence-corrected chi connectivity index (χ2v) is 20.0. The lowest BCUT2D eigenvalue weighted by atomic mass is 10.1. The molecule has 0 aliphatic rings. The Balaban J connectivity index is 1.82. The Morgan fingerprint density at radius 2 is 0.612 bits per heavy atom. The zero-order chi connectivity index (χ0) is 60.9. The van der Waals surface area contributed by atoms with Gasteiger partial charge in [0, 0.05) is 93.2 Å². The fraction of sp³-hybridized carbons (Fsp3) is 0.688. The molecule has 0 unspecified atom stereocenters. The monoisotopic (exact) mass is 1200 g/mol. The Labute approximate surface area is 507 Å². The summed E-state index contributed by atoms with van der Waals surface area (Å²) in [4.78, 5) is 8.45. The molecule has 480 valence electrons. The molecular weight excluding hydrogens is 1100 g/mol. The Bertz CT molecular complexity index is 1930. The van der Waals surface area contributed by atoms with Crippen molar-refractivity contribution < 1.29 is 90.0 Å². The first kappa shape index (κ1) is 75.0. The van der Waals surface area contributed by atoms with Crippen molar-refractivity contribution >= 4 is 0 Å². The number of ether oxygens (including phenoxy) is 19. The lowest BCUT2D eigenvalue weighted by Crippen LogP contribution is -2.32. The Hall–Kier alpha value is -4.28. The molecule has 85 heavy (non-hydrogen) atoms. The van der Waals surface area contributed by atoms with Crippen molar-refractivity contribution in [3.8, 4) is 29.4 Å². The number of nitrogens with zero attached hydrogens (tertiary/aromatic N) is 2. The molecular formula is C64H100N2O19. The molecule has 4 atom stereocenters. The topological polar surface area (TPSA) is 201 Å². The van der Waals surface area contributed by atoms with Gasteiger partial charge in [0.2, 0.25) is 0 Å². The number of hydrogen-bond donors (Lipinski definition) is 0. The molecule has 0 fully saturated rings. The second-order valence-electron chi connectivity index (χ2n) is 20.0.